The van der Waals surface area contributed by atoms with Gasteiger partial charge in [0, 0.05) is 6.54 Å². The highest BCUT2D eigenvalue weighted by Crippen LogP contribution is 2.20. The third kappa shape index (κ3) is 2.90. The first-order valence-corrected chi connectivity index (χ1v) is 7.58. The molecule has 8 heteroatoms. The van der Waals surface area contributed by atoms with E-state index in [1.807, 2.05) is 24.3 Å². The number of hydrogen-bond donors (Lipinski definition) is 2. The molecule has 1 unspecified atom stereocenters. The third-order valence-electron chi connectivity index (χ3n) is 3.94. The summed E-state index contributed by atoms with van der Waals surface area (Å²) >= 11 is 0. The molecule has 3 aromatic rings. The molecule has 8 nitrogen and oxygen atoms in total. The number of hydrogen-bond acceptors (Lipinski definition) is 7. The Morgan fingerprint density at radius 3 is 3.13 bits per heavy atom. The Hall–Kier alpha value is -2.45. The second-order valence-electron chi connectivity index (χ2n) is 5.55. The number of nitrogens with zero attached hydrogens (tertiary/aromatic N) is 4. The minimum Gasteiger partial charge on any atom is -0.424 e. The summed E-state index contributed by atoms with van der Waals surface area (Å²) in [4.78, 5) is 11.1. The Morgan fingerprint density at radius 1 is 1.35 bits per heavy atom. The lowest BCUT2D eigenvalue weighted by atomic mass is 10.2. The Bertz CT molecular complexity index is 765. The van der Waals surface area contributed by atoms with Gasteiger partial charge in [0.25, 0.3) is 6.01 Å². The summed E-state index contributed by atoms with van der Waals surface area (Å²) in [6, 6.07) is 8.22. The zero-order chi connectivity index (χ0) is 15.6. The fraction of sp³-hybridized carbons (Fsp3) is 0.400. The highest BCUT2D eigenvalue weighted by Gasteiger charge is 2.25. The first-order chi connectivity index (χ1) is 11.3. The van der Waals surface area contributed by atoms with Crippen LogP contribution in [0.4, 0.5) is 6.01 Å². The summed E-state index contributed by atoms with van der Waals surface area (Å²) < 4.78 is 11.1. The number of aromatic nitrogens is 4. The van der Waals surface area contributed by atoms with E-state index in [9.17, 15) is 0 Å². The van der Waals surface area contributed by atoms with Crippen molar-refractivity contribution < 1.29 is 9.15 Å². The molecule has 2 aromatic heterocycles. The molecule has 0 saturated carbocycles. The molecule has 1 aliphatic rings. The number of anilines is 1. The van der Waals surface area contributed by atoms with Gasteiger partial charge in [0.2, 0.25) is 0 Å². The van der Waals surface area contributed by atoms with Crippen LogP contribution in [0.3, 0.4) is 0 Å². The van der Waals surface area contributed by atoms with Crippen molar-refractivity contribution in [2.75, 3.05) is 32.1 Å². The van der Waals surface area contributed by atoms with Gasteiger partial charge in [-0.25, -0.2) is 4.98 Å². The minimum atomic E-state index is 0.0954. The van der Waals surface area contributed by atoms with Gasteiger partial charge < -0.3 is 14.5 Å². The van der Waals surface area contributed by atoms with Crippen molar-refractivity contribution in [3.63, 3.8) is 0 Å². The van der Waals surface area contributed by atoms with Crippen LogP contribution in [0.5, 0.6) is 0 Å². The van der Waals surface area contributed by atoms with Crippen molar-refractivity contribution in [2.24, 2.45) is 0 Å². The summed E-state index contributed by atoms with van der Waals surface area (Å²) in [5.74, 6) is 1.49. The van der Waals surface area contributed by atoms with Gasteiger partial charge in [0.15, 0.2) is 11.4 Å². The average molecular weight is 314 g/mol. The van der Waals surface area contributed by atoms with Crippen LogP contribution in [0.15, 0.2) is 28.7 Å². The Labute approximate surface area is 132 Å². The molecule has 23 heavy (non-hydrogen) atoms. The maximum absolute atomic E-state index is 5.62. The second kappa shape index (κ2) is 5.98. The SMILES string of the molecule is CN1CCOCC1c1n[nH]c(CNc2nc3ccccc3o2)n1. The number of para-hydroxylation sites is 2. The van der Waals surface area contributed by atoms with Gasteiger partial charge in [0.1, 0.15) is 11.3 Å². The summed E-state index contributed by atoms with van der Waals surface area (Å²) in [5, 5.41) is 10.4. The number of likely N-dealkylation sites (N-methyl/N-ethyl adjacent to an activating group) is 1. The number of aromatic amines is 1. The van der Waals surface area contributed by atoms with Crippen LogP contribution in [-0.2, 0) is 11.3 Å². The largest absolute Gasteiger partial charge is 0.424 e. The molecular formula is C15H18N6O2. The fourth-order valence-electron chi connectivity index (χ4n) is 2.60. The van der Waals surface area contributed by atoms with Crippen LogP contribution in [-0.4, -0.2) is 51.9 Å². The van der Waals surface area contributed by atoms with E-state index >= 15 is 0 Å². The van der Waals surface area contributed by atoms with E-state index in [4.69, 9.17) is 9.15 Å². The van der Waals surface area contributed by atoms with Gasteiger partial charge in [-0.05, 0) is 19.2 Å². The van der Waals surface area contributed by atoms with E-state index in [2.05, 4.69) is 37.4 Å². The molecule has 1 aromatic carbocycles. The highest BCUT2D eigenvalue weighted by molar-refractivity contribution is 5.74. The van der Waals surface area contributed by atoms with Gasteiger partial charge in [-0.15, -0.1) is 0 Å². The van der Waals surface area contributed by atoms with Crippen molar-refractivity contribution >= 4 is 17.1 Å². The van der Waals surface area contributed by atoms with Gasteiger partial charge in [0.05, 0.1) is 25.8 Å². The van der Waals surface area contributed by atoms with Crippen LogP contribution in [0.2, 0.25) is 0 Å². The number of morpholine rings is 1. The Balaban J connectivity index is 1.43. The van der Waals surface area contributed by atoms with Crippen LogP contribution >= 0.6 is 0 Å². The number of fused-ring (bicyclic) bond motifs is 1. The van der Waals surface area contributed by atoms with E-state index in [1.54, 1.807) is 0 Å². The molecule has 4 rings (SSSR count). The average Bonchev–Trinajstić information content (AvgIpc) is 3.19. The van der Waals surface area contributed by atoms with Gasteiger partial charge in [-0.1, -0.05) is 12.1 Å². The number of nitrogens with one attached hydrogen (secondary N) is 2. The molecule has 3 heterocycles. The maximum Gasteiger partial charge on any atom is 0.296 e. The van der Waals surface area contributed by atoms with Crippen molar-refractivity contribution in [2.45, 2.75) is 12.6 Å². The number of ether oxygens (including phenoxy) is 1. The lowest BCUT2D eigenvalue weighted by Gasteiger charge is -2.30. The van der Waals surface area contributed by atoms with Crippen LogP contribution < -0.4 is 5.32 Å². The predicted molar refractivity (Wildman–Crippen MR) is 83.9 cm³/mol. The number of rotatable bonds is 4. The molecule has 1 atom stereocenters. The molecule has 1 saturated heterocycles. The molecule has 0 aliphatic carbocycles. The van der Waals surface area contributed by atoms with E-state index in [0.717, 1.165) is 35.9 Å². The van der Waals surface area contributed by atoms with Gasteiger partial charge >= 0.3 is 0 Å². The Morgan fingerprint density at radius 2 is 2.26 bits per heavy atom. The van der Waals surface area contributed by atoms with Gasteiger partial charge in [-0.3, -0.25) is 10.00 Å². The molecule has 2 N–H and O–H groups in total. The molecule has 0 bridgehead atoms. The van der Waals surface area contributed by atoms with E-state index in [-0.39, 0.29) is 6.04 Å². The molecule has 0 spiro atoms. The normalized spacial score (nSPS) is 19.3. The topological polar surface area (TPSA) is 92.1 Å². The Kier molecular flexibility index (Phi) is 3.68. The predicted octanol–water partition coefficient (Wildman–Crippen LogP) is 1.56. The molecule has 0 radical (unpaired) electrons. The standard InChI is InChI=1S/C15H18N6O2/c1-21-6-7-22-9-11(21)14-18-13(19-20-14)8-16-15-17-10-4-2-3-5-12(10)23-15/h2-5,11H,6-9H2,1H3,(H,16,17)(H,18,19,20). The highest BCUT2D eigenvalue weighted by atomic mass is 16.5. The summed E-state index contributed by atoms with van der Waals surface area (Å²) in [5.41, 5.74) is 1.59. The van der Waals surface area contributed by atoms with Crippen molar-refractivity contribution in [3.05, 3.63) is 35.9 Å². The van der Waals surface area contributed by atoms with Crippen LogP contribution in [0.1, 0.15) is 17.7 Å². The molecule has 1 fully saturated rings. The first kappa shape index (κ1) is 14.2. The molecule has 0 amide bonds. The molecule has 1 aliphatic heterocycles. The van der Waals surface area contributed by atoms with Crippen molar-refractivity contribution in [1.29, 1.82) is 0 Å². The monoisotopic (exact) mass is 314 g/mol. The van der Waals surface area contributed by atoms with Crippen LogP contribution in [0, 0.1) is 0 Å². The summed E-state index contributed by atoms with van der Waals surface area (Å²) in [6.45, 7) is 2.72. The third-order valence-corrected chi connectivity index (χ3v) is 3.94. The summed E-state index contributed by atoms with van der Waals surface area (Å²) in [7, 11) is 2.06. The number of oxazole rings is 1. The molecule has 120 valence electrons. The van der Waals surface area contributed by atoms with Crippen LogP contribution in [0.25, 0.3) is 11.1 Å². The molecular weight excluding hydrogens is 296 g/mol. The van der Waals surface area contributed by atoms with Gasteiger partial charge in [-0.2, -0.15) is 10.1 Å². The number of benzene rings is 1. The number of H-pyrrole nitrogens is 1. The fourth-order valence-corrected chi connectivity index (χ4v) is 2.60. The smallest absolute Gasteiger partial charge is 0.296 e. The quantitative estimate of drug-likeness (QED) is 0.755. The maximum atomic E-state index is 5.62. The minimum absolute atomic E-state index is 0.0954. The van der Waals surface area contributed by atoms with Crippen molar-refractivity contribution in [3.8, 4) is 0 Å². The van der Waals surface area contributed by atoms with E-state index in [0.29, 0.717) is 19.2 Å². The van der Waals surface area contributed by atoms with Crippen molar-refractivity contribution in [1.82, 2.24) is 25.1 Å². The zero-order valence-electron chi connectivity index (χ0n) is 12.8. The lowest BCUT2D eigenvalue weighted by molar-refractivity contribution is 0.00194. The zero-order valence-corrected chi connectivity index (χ0v) is 12.8. The van der Waals surface area contributed by atoms with E-state index in [1.165, 1.54) is 0 Å². The second-order valence-corrected chi connectivity index (χ2v) is 5.55. The summed E-state index contributed by atoms with van der Waals surface area (Å²) in [6.07, 6.45) is 0. The first-order valence-electron chi connectivity index (χ1n) is 7.58. The van der Waals surface area contributed by atoms with E-state index < -0.39 is 0 Å². The lowest BCUT2D eigenvalue weighted by Crippen LogP contribution is -2.37.